The van der Waals surface area contributed by atoms with Gasteiger partial charge in [-0.05, 0) is 17.7 Å². The van der Waals surface area contributed by atoms with Crippen LogP contribution in [0.15, 0.2) is 59.9 Å². The number of halogens is 1. The number of benzene rings is 2. The first-order valence-corrected chi connectivity index (χ1v) is 6.66. The quantitative estimate of drug-likeness (QED) is 0.438. The van der Waals surface area contributed by atoms with Crippen LogP contribution in [0, 0.1) is 0 Å². The molecule has 0 fully saturated rings. The predicted molar refractivity (Wildman–Crippen MR) is 81.9 cm³/mol. The summed E-state index contributed by atoms with van der Waals surface area (Å²) in [7, 11) is 0. The lowest BCUT2D eigenvalue weighted by atomic mass is 10.2. The van der Waals surface area contributed by atoms with E-state index in [9.17, 15) is 0 Å². The molecule has 0 aliphatic heterocycles. The summed E-state index contributed by atoms with van der Waals surface area (Å²) in [4.78, 5) is 0. The third-order valence-corrected chi connectivity index (χ3v) is 3.68. The van der Waals surface area contributed by atoms with Crippen molar-refractivity contribution in [2.75, 3.05) is 0 Å². The summed E-state index contributed by atoms with van der Waals surface area (Å²) in [6, 6.07) is 15.8. The molecule has 0 saturated carbocycles. The van der Waals surface area contributed by atoms with Gasteiger partial charge >= 0.3 is 0 Å². The van der Waals surface area contributed by atoms with Crippen LogP contribution in [-0.4, -0.2) is 16.0 Å². The van der Waals surface area contributed by atoms with E-state index in [2.05, 4.69) is 9.72 Å². The average molecular weight is 285 g/mol. The van der Waals surface area contributed by atoms with E-state index >= 15 is 0 Å². The summed E-state index contributed by atoms with van der Waals surface area (Å²) < 4.78 is 2.10. The van der Waals surface area contributed by atoms with Gasteiger partial charge in [0.2, 0.25) is 0 Å². The Labute approximate surface area is 121 Å². The van der Waals surface area contributed by atoms with Crippen LogP contribution in [0.4, 0.5) is 0 Å². The van der Waals surface area contributed by atoms with E-state index in [1.807, 2.05) is 54.7 Å². The first kappa shape index (κ1) is 12.8. The van der Waals surface area contributed by atoms with Gasteiger partial charge in [-0.15, -0.1) is 0 Å². The Morgan fingerprint density at radius 1 is 1.10 bits per heavy atom. The zero-order valence-corrected chi connectivity index (χ0v) is 11.5. The first-order chi connectivity index (χ1) is 9.79. The molecule has 0 spiro atoms. The van der Waals surface area contributed by atoms with Gasteiger partial charge in [0.05, 0.1) is 6.21 Å². The maximum Gasteiger partial charge on any atom is 0.0755 e. The van der Waals surface area contributed by atoms with E-state index in [1.54, 1.807) is 0 Å². The lowest BCUT2D eigenvalue weighted by molar-refractivity contribution is 0.322. The minimum atomic E-state index is 0.680. The zero-order chi connectivity index (χ0) is 13.9. The molecule has 0 aliphatic carbocycles. The van der Waals surface area contributed by atoms with Crippen LogP contribution in [0.5, 0.6) is 0 Å². The van der Waals surface area contributed by atoms with Gasteiger partial charge in [0.25, 0.3) is 0 Å². The van der Waals surface area contributed by atoms with Crippen molar-refractivity contribution < 1.29 is 5.21 Å². The SMILES string of the molecule is ON=Cc1cn(Cc2ccccc2Cl)c2ccccc12. The van der Waals surface area contributed by atoms with E-state index in [0.29, 0.717) is 6.54 Å². The smallest absolute Gasteiger partial charge is 0.0755 e. The molecular formula is C16H13ClN2O. The fraction of sp³-hybridized carbons (Fsp3) is 0.0625. The van der Waals surface area contributed by atoms with Gasteiger partial charge in [0, 0.05) is 34.2 Å². The van der Waals surface area contributed by atoms with Crippen molar-refractivity contribution in [2.45, 2.75) is 6.54 Å². The Morgan fingerprint density at radius 3 is 2.65 bits per heavy atom. The highest BCUT2D eigenvalue weighted by molar-refractivity contribution is 6.31. The minimum absolute atomic E-state index is 0.680. The van der Waals surface area contributed by atoms with E-state index < -0.39 is 0 Å². The summed E-state index contributed by atoms with van der Waals surface area (Å²) in [6.07, 6.45) is 3.42. The lowest BCUT2D eigenvalue weighted by Crippen LogP contribution is -1.98. The highest BCUT2D eigenvalue weighted by Gasteiger charge is 2.08. The predicted octanol–water partition coefficient (Wildman–Crippen LogP) is 4.15. The van der Waals surface area contributed by atoms with Crippen LogP contribution in [0.2, 0.25) is 5.02 Å². The number of hydrogen-bond donors (Lipinski definition) is 1. The Bertz CT molecular complexity index is 777. The second-order valence-electron chi connectivity index (χ2n) is 4.57. The van der Waals surface area contributed by atoms with Gasteiger partial charge in [-0.3, -0.25) is 0 Å². The summed E-state index contributed by atoms with van der Waals surface area (Å²) >= 11 is 6.21. The van der Waals surface area contributed by atoms with Crippen LogP contribution < -0.4 is 0 Å². The molecule has 100 valence electrons. The molecule has 0 bridgehead atoms. The fourth-order valence-corrected chi connectivity index (χ4v) is 2.58. The number of nitrogens with zero attached hydrogens (tertiary/aromatic N) is 2. The van der Waals surface area contributed by atoms with Gasteiger partial charge in [-0.25, -0.2) is 0 Å². The van der Waals surface area contributed by atoms with E-state index in [0.717, 1.165) is 27.1 Å². The summed E-state index contributed by atoms with van der Waals surface area (Å²) in [5.74, 6) is 0. The molecule has 0 amide bonds. The Hall–Kier alpha value is -2.26. The summed E-state index contributed by atoms with van der Waals surface area (Å²) in [6.45, 7) is 0.680. The molecule has 0 unspecified atom stereocenters. The Morgan fingerprint density at radius 2 is 1.85 bits per heavy atom. The zero-order valence-electron chi connectivity index (χ0n) is 10.7. The van der Waals surface area contributed by atoms with Gasteiger partial charge in [-0.2, -0.15) is 0 Å². The molecule has 2 aromatic carbocycles. The van der Waals surface area contributed by atoms with Gasteiger partial charge in [0.15, 0.2) is 0 Å². The molecule has 0 radical (unpaired) electrons. The number of hydrogen-bond acceptors (Lipinski definition) is 2. The van der Waals surface area contributed by atoms with Crippen molar-refractivity contribution in [1.29, 1.82) is 0 Å². The van der Waals surface area contributed by atoms with Gasteiger partial charge in [0.1, 0.15) is 0 Å². The molecule has 3 nitrogen and oxygen atoms in total. The molecule has 0 atom stereocenters. The third kappa shape index (κ3) is 2.28. The number of rotatable bonds is 3. The number of aromatic nitrogens is 1. The van der Waals surface area contributed by atoms with Crippen LogP contribution in [0.1, 0.15) is 11.1 Å². The normalized spacial score (nSPS) is 11.4. The minimum Gasteiger partial charge on any atom is -0.411 e. The Balaban J connectivity index is 2.10. The molecule has 1 heterocycles. The van der Waals surface area contributed by atoms with Crippen molar-refractivity contribution in [1.82, 2.24) is 4.57 Å². The average Bonchev–Trinajstić information content (AvgIpc) is 2.81. The molecule has 4 heteroatoms. The number of fused-ring (bicyclic) bond motifs is 1. The lowest BCUT2D eigenvalue weighted by Gasteiger charge is -2.07. The van der Waals surface area contributed by atoms with Crippen LogP contribution in [0.3, 0.4) is 0 Å². The van der Waals surface area contributed by atoms with Crippen LogP contribution in [0.25, 0.3) is 10.9 Å². The van der Waals surface area contributed by atoms with E-state index in [-0.39, 0.29) is 0 Å². The van der Waals surface area contributed by atoms with Crippen LogP contribution in [-0.2, 0) is 6.54 Å². The number of oxime groups is 1. The van der Waals surface area contributed by atoms with Gasteiger partial charge in [-0.1, -0.05) is 53.2 Å². The highest BCUT2D eigenvalue weighted by atomic mass is 35.5. The largest absolute Gasteiger partial charge is 0.411 e. The molecular weight excluding hydrogens is 272 g/mol. The maximum atomic E-state index is 8.76. The van der Waals surface area contributed by atoms with Gasteiger partial charge < -0.3 is 9.77 Å². The standard InChI is InChI=1S/C16H13ClN2O/c17-15-7-3-1-5-12(15)10-19-11-13(9-18-20)14-6-2-4-8-16(14)19/h1-9,11,20H,10H2. The molecule has 0 saturated heterocycles. The first-order valence-electron chi connectivity index (χ1n) is 6.28. The van der Waals surface area contributed by atoms with Crippen molar-refractivity contribution in [3.8, 4) is 0 Å². The molecule has 3 rings (SSSR count). The third-order valence-electron chi connectivity index (χ3n) is 3.31. The molecule has 0 aliphatic rings. The summed E-state index contributed by atoms with van der Waals surface area (Å²) in [5.41, 5.74) is 3.03. The van der Waals surface area contributed by atoms with E-state index in [4.69, 9.17) is 16.8 Å². The molecule has 1 aromatic heterocycles. The second kappa shape index (κ2) is 5.39. The number of para-hydroxylation sites is 1. The fourth-order valence-electron chi connectivity index (χ4n) is 2.38. The van der Waals surface area contributed by atoms with Crippen molar-refractivity contribution in [3.05, 3.63) is 70.9 Å². The topological polar surface area (TPSA) is 37.5 Å². The van der Waals surface area contributed by atoms with Crippen LogP contribution >= 0.6 is 11.6 Å². The summed E-state index contributed by atoms with van der Waals surface area (Å²) in [5, 5.41) is 13.7. The highest BCUT2D eigenvalue weighted by Crippen LogP contribution is 2.23. The van der Waals surface area contributed by atoms with Crippen molar-refractivity contribution in [3.63, 3.8) is 0 Å². The molecule has 1 N–H and O–H groups in total. The molecule has 3 aromatic rings. The maximum absolute atomic E-state index is 8.76. The Kier molecular flexibility index (Phi) is 3.44. The molecule has 20 heavy (non-hydrogen) atoms. The second-order valence-corrected chi connectivity index (χ2v) is 4.97. The van der Waals surface area contributed by atoms with E-state index in [1.165, 1.54) is 6.21 Å². The monoisotopic (exact) mass is 284 g/mol. The van der Waals surface area contributed by atoms with Crippen molar-refractivity contribution >= 4 is 28.7 Å². The van der Waals surface area contributed by atoms with Crippen molar-refractivity contribution in [2.24, 2.45) is 5.16 Å².